The average Bonchev–Trinajstić information content (AvgIpc) is 2.83. The SMILES string of the molecule is COc1ccc(/C=C2\CN(C)CC3=C2NC(=S)NC3c2ccc(OC)c(OC)c2)cc1OC. The predicted octanol–water partition coefficient (Wildman–Crippen LogP) is 3.52. The van der Waals surface area contributed by atoms with Gasteiger partial charge in [-0.05, 0) is 71.9 Å². The zero-order valence-corrected chi connectivity index (χ0v) is 20.3. The molecular formula is C25H29N3O4S. The van der Waals surface area contributed by atoms with Crippen LogP contribution in [0.3, 0.4) is 0 Å². The topological polar surface area (TPSA) is 64.2 Å². The smallest absolute Gasteiger partial charge is 0.171 e. The molecule has 0 spiro atoms. The standard InChI is InChI=1S/C25H29N3O4S/c1-28-13-17(10-15-6-8-19(29-2)21(11-15)31-4)24-18(14-28)23(26-25(33)27-24)16-7-9-20(30-3)22(12-16)32-5/h6-12,23H,13-14H2,1-5H3,(H2,26,27,33)/b17-10+. The Hall–Kier alpha value is -3.23. The van der Waals surface area contributed by atoms with Gasteiger partial charge in [0.05, 0.1) is 34.5 Å². The summed E-state index contributed by atoms with van der Waals surface area (Å²) in [5.41, 5.74) is 5.52. The highest BCUT2D eigenvalue weighted by Gasteiger charge is 2.32. The van der Waals surface area contributed by atoms with Crippen LogP contribution in [0, 0.1) is 0 Å². The van der Waals surface area contributed by atoms with Crippen LogP contribution in [0.2, 0.25) is 0 Å². The molecule has 33 heavy (non-hydrogen) atoms. The summed E-state index contributed by atoms with van der Waals surface area (Å²) in [6.07, 6.45) is 2.17. The summed E-state index contributed by atoms with van der Waals surface area (Å²) in [4.78, 5) is 2.29. The Bertz CT molecular complexity index is 1130. The van der Waals surface area contributed by atoms with Gasteiger partial charge in [-0.3, -0.25) is 4.90 Å². The van der Waals surface area contributed by atoms with Gasteiger partial charge in [0.25, 0.3) is 0 Å². The summed E-state index contributed by atoms with van der Waals surface area (Å²) in [5, 5.41) is 7.43. The highest BCUT2D eigenvalue weighted by Crippen LogP contribution is 2.37. The molecule has 174 valence electrons. The number of methoxy groups -OCH3 is 4. The van der Waals surface area contributed by atoms with E-state index in [-0.39, 0.29) is 6.04 Å². The van der Waals surface area contributed by atoms with Crippen LogP contribution in [0.15, 0.2) is 53.2 Å². The molecule has 2 aliphatic rings. The largest absolute Gasteiger partial charge is 0.493 e. The first-order valence-electron chi connectivity index (χ1n) is 10.6. The molecule has 2 aromatic rings. The van der Waals surface area contributed by atoms with Gasteiger partial charge in [0.1, 0.15) is 0 Å². The summed E-state index contributed by atoms with van der Waals surface area (Å²) in [7, 11) is 8.68. The number of thiocarbonyl (C=S) groups is 1. The maximum Gasteiger partial charge on any atom is 0.171 e. The zero-order chi connectivity index (χ0) is 23.5. The molecule has 2 N–H and O–H groups in total. The Kier molecular flexibility index (Phi) is 6.76. The fourth-order valence-electron chi connectivity index (χ4n) is 4.34. The van der Waals surface area contributed by atoms with Crippen molar-refractivity contribution in [3.63, 3.8) is 0 Å². The molecular weight excluding hydrogens is 438 g/mol. The Labute approximate surface area is 200 Å². The van der Waals surface area contributed by atoms with E-state index in [0.717, 1.165) is 35.5 Å². The van der Waals surface area contributed by atoms with Crippen LogP contribution in [-0.4, -0.2) is 58.6 Å². The molecule has 0 aromatic heterocycles. The molecule has 0 fully saturated rings. The number of hydrogen-bond donors (Lipinski definition) is 2. The van der Waals surface area contributed by atoms with Gasteiger partial charge in [-0.1, -0.05) is 12.1 Å². The lowest BCUT2D eigenvalue weighted by atomic mass is 9.89. The first kappa shape index (κ1) is 22.9. The van der Waals surface area contributed by atoms with E-state index in [9.17, 15) is 0 Å². The van der Waals surface area contributed by atoms with Gasteiger partial charge < -0.3 is 29.6 Å². The van der Waals surface area contributed by atoms with Crippen molar-refractivity contribution in [3.05, 3.63) is 64.4 Å². The maximum absolute atomic E-state index is 5.59. The van der Waals surface area contributed by atoms with Crippen molar-refractivity contribution in [3.8, 4) is 23.0 Å². The van der Waals surface area contributed by atoms with Crippen LogP contribution >= 0.6 is 12.2 Å². The molecule has 4 rings (SSSR count). The van der Waals surface area contributed by atoms with Crippen LogP contribution < -0.4 is 29.6 Å². The third-order valence-corrected chi connectivity index (χ3v) is 6.09. The molecule has 2 aromatic carbocycles. The molecule has 7 nitrogen and oxygen atoms in total. The molecule has 0 amide bonds. The first-order valence-corrected chi connectivity index (χ1v) is 11.0. The van der Waals surface area contributed by atoms with Crippen molar-refractivity contribution in [1.29, 1.82) is 0 Å². The van der Waals surface area contributed by atoms with Crippen LogP contribution in [0.5, 0.6) is 23.0 Å². The van der Waals surface area contributed by atoms with Gasteiger partial charge in [-0.2, -0.15) is 0 Å². The molecule has 0 aliphatic carbocycles. The summed E-state index contributed by atoms with van der Waals surface area (Å²) in [6, 6.07) is 11.8. The summed E-state index contributed by atoms with van der Waals surface area (Å²) in [5.74, 6) is 2.78. The second-order valence-corrected chi connectivity index (χ2v) is 8.41. The van der Waals surface area contributed by atoms with Crippen LogP contribution in [0.1, 0.15) is 17.2 Å². The summed E-state index contributed by atoms with van der Waals surface area (Å²) in [6.45, 7) is 1.60. The third kappa shape index (κ3) is 4.62. The maximum atomic E-state index is 5.59. The predicted molar refractivity (Wildman–Crippen MR) is 133 cm³/mol. The van der Waals surface area contributed by atoms with E-state index < -0.39 is 0 Å². The number of nitrogens with one attached hydrogen (secondary N) is 2. The van der Waals surface area contributed by atoms with E-state index in [4.69, 9.17) is 31.2 Å². The third-order valence-electron chi connectivity index (χ3n) is 5.87. The normalized spacial score (nSPS) is 19.5. The fourth-order valence-corrected chi connectivity index (χ4v) is 4.56. The number of ether oxygens (including phenoxy) is 4. The minimum Gasteiger partial charge on any atom is -0.493 e. The van der Waals surface area contributed by atoms with E-state index in [2.05, 4.69) is 28.7 Å². The molecule has 2 heterocycles. The van der Waals surface area contributed by atoms with E-state index in [0.29, 0.717) is 28.1 Å². The number of likely N-dealkylation sites (N-methyl/N-ethyl adjacent to an activating group) is 1. The monoisotopic (exact) mass is 467 g/mol. The highest BCUT2D eigenvalue weighted by atomic mass is 32.1. The van der Waals surface area contributed by atoms with E-state index >= 15 is 0 Å². The van der Waals surface area contributed by atoms with Crippen molar-refractivity contribution in [1.82, 2.24) is 15.5 Å². The van der Waals surface area contributed by atoms with E-state index in [1.807, 2.05) is 36.4 Å². The fraction of sp³-hybridized carbons (Fsp3) is 0.320. The summed E-state index contributed by atoms with van der Waals surface area (Å²) < 4.78 is 21.8. The lowest BCUT2D eigenvalue weighted by Gasteiger charge is -2.39. The van der Waals surface area contributed by atoms with Gasteiger partial charge in [0, 0.05) is 18.8 Å². The number of rotatable bonds is 6. The Morgan fingerprint density at radius 3 is 2.18 bits per heavy atom. The van der Waals surface area contributed by atoms with Crippen LogP contribution in [-0.2, 0) is 0 Å². The molecule has 0 saturated heterocycles. The molecule has 1 unspecified atom stereocenters. The molecule has 1 atom stereocenters. The number of nitrogens with zero attached hydrogens (tertiary/aromatic N) is 1. The van der Waals surface area contributed by atoms with Crippen molar-refractivity contribution in [2.24, 2.45) is 0 Å². The second kappa shape index (κ2) is 9.72. The van der Waals surface area contributed by atoms with Gasteiger partial charge in [0.15, 0.2) is 28.1 Å². The second-order valence-electron chi connectivity index (χ2n) is 8.00. The quantitative estimate of drug-likeness (QED) is 0.626. The minimum atomic E-state index is -0.0786. The molecule has 0 radical (unpaired) electrons. The molecule has 0 saturated carbocycles. The zero-order valence-electron chi connectivity index (χ0n) is 19.5. The van der Waals surface area contributed by atoms with E-state index in [1.165, 1.54) is 5.57 Å². The van der Waals surface area contributed by atoms with Crippen molar-refractivity contribution < 1.29 is 18.9 Å². The Balaban J connectivity index is 1.78. The highest BCUT2D eigenvalue weighted by molar-refractivity contribution is 7.80. The minimum absolute atomic E-state index is 0.0786. The molecule has 2 aliphatic heterocycles. The van der Waals surface area contributed by atoms with Gasteiger partial charge in [0.2, 0.25) is 0 Å². The van der Waals surface area contributed by atoms with Crippen LogP contribution in [0.4, 0.5) is 0 Å². The van der Waals surface area contributed by atoms with Gasteiger partial charge >= 0.3 is 0 Å². The van der Waals surface area contributed by atoms with Crippen molar-refractivity contribution in [2.45, 2.75) is 6.04 Å². The van der Waals surface area contributed by atoms with Gasteiger partial charge in [-0.15, -0.1) is 0 Å². The first-order chi connectivity index (χ1) is 16.0. The lowest BCUT2D eigenvalue weighted by molar-refractivity contribution is 0.352. The molecule has 8 heteroatoms. The number of hydrogen-bond acceptors (Lipinski definition) is 6. The van der Waals surface area contributed by atoms with Crippen molar-refractivity contribution in [2.75, 3.05) is 48.6 Å². The van der Waals surface area contributed by atoms with Gasteiger partial charge in [-0.25, -0.2) is 0 Å². The Morgan fingerprint density at radius 1 is 0.879 bits per heavy atom. The lowest BCUT2D eigenvalue weighted by Crippen LogP contribution is -2.49. The average molecular weight is 468 g/mol. The van der Waals surface area contributed by atoms with E-state index in [1.54, 1.807) is 28.4 Å². The molecule has 0 bridgehead atoms. The summed E-state index contributed by atoms with van der Waals surface area (Å²) >= 11 is 5.59. The number of benzene rings is 2. The van der Waals surface area contributed by atoms with Crippen molar-refractivity contribution >= 4 is 23.4 Å². The van der Waals surface area contributed by atoms with Crippen LogP contribution in [0.25, 0.3) is 6.08 Å². The Morgan fingerprint density at radius 2 is 1.52 bits per heavy atom.